The molecule has 2 rings (SSSR count). The molecule has 2 amide bonds. The van der Waals surface area contributed by atoms with Gasteiger partial charge in [-0.05, 0) is 18.4 Å². The van der Waals surface area contributed by atoms with Crippen LogP contribution < -0.4 is 5.32 Å². The first kappa shape index (κ1) is 19.2. The van der Waals surface area contributed by atoms with E-state index in [1.165, 1.54) is 0 Å². The summed E-state index contributed by atoms with van der Waals surface area (Å²) < 4.78 is 15.8. The van der Waals surface area contributed by atoms with Crippen LogP contribution in [0.15, 0.2) is 30.3 Å². The minimum atomic E-state index is -0.306. The van der Waals surface area contributed by atoms with Crippen molar-refractivity contribution in [3.63, 3.8) is 0 Å². The fourth-order valence-electron chi connectivity index (χ4n) is 2.55. The van der Waals surface area contributed by atoms with Crippen LogP contribution in [0.3, 0.4) is 0 Å². The van der Waals surface area contributed by atoms with E-state index in [2.05, 4.69) is 5.32 Å². The summed E-state index contributed by atoms with van der Waals surface area (Å²) in [6, 6.07) is 9.60. The van der Waals surface area contributed by atoms with E-state index >= 15 is 0 Å². The fourth-order valence-corrected chi connectivity index (χ4v) is 2.55. The number of carbonyl (C=O) groups excluding carboxylic acids is 2. The number of nitrogens with one attached hydrogen (secondary N) is 1. The van der Waals surface area contributed by atoms with E-state index in [9.17, 15) is 9.59 Å². The number of amides is 2. The molecule has 1 saturated heterocycles. The number of hydrogen-bond donors (Lipinski definition) is 1. The third-order valence-corrected chi connectivity index (χ3v) is 3.98. The maximum atomic E-state index is 12.1. The summed E-state index contributed by atoms with van der Waals surface area (Å²) in [4.78, 5) is 25.3. The Bertz CT molecular complexity index is 530. The van der Waals surface area contributed by atoms with Gasteiger partial charge in [0.15, 0.2) is 0 Å². The largest absolute Gasteiger partial charge is 0.445 e. The highest BCUT2D eigenvalue weighted by atomic mass is 16.6. The topological polar surface area (TPSA) is 77.1 Å². The van der Waals surface area contributed by atoms with Crippen LogP contribution in [-0.4, -0.2) is 63.0 Å². The fraction of sp³-hybridized carbons (Fsp3) is 0.556. The van der Waals surface area contributed by atoms with Crippen molar-refractivity contribution in [2.75, 3.05) is 40.0 Å². The van der Waals surface area contributed by atoms with E-state index in [0.29, 0.717) is 39.1 Å². The minimum Gasteiger partial charge on any atom is -0.445 e. The number of carbonyl (C=O) groups is 2. The van der Waals surface area contributed by atoms with Gasteiger partial charge in [0.25, 0.3) is 0 Å². The van der Waals surface area contributed by atoms with Gasteiger partial charge in [-0.25, -0.2) is 4.79 Å². The number of hydrogen-bond acceptors (Lipinski definition) is 5. The summed E-state index contributed by atoms with van der Waals surface area (Å²) in [5, 5.41) is 2.71. The second kappa shape index (κ2) is 10.7. The highest BCUT2D eigenvalue weighted by Crippen LogP contribution is 2.15. The van der Waals surface area contributed by atoms with Gasteiger partial charge in [0.05, 0.1) is 12.7 Å². The first-order chi connectivity index (χ1) is 12.2. The van der Waals surface area contributed by atoms with E-state index < -0.39 is 0 Å². The van der Waals surface area contributed by atoms with Crippen LogP contribution in [0.5, 0.6) is 0 Å². The molecule has 0 aromatic heterocycles. The maximum absolute atomic E-state index is 12.1. The van der Waals surface area contributed by atoms with E-state index in [-0.39, 0.29) is 31.3 Å². The summed E-state index contributed by atoms with van der Waals surface area (Å²) in [5.41, 5.74) is 0.966. The summed E-state index contributed by atoms with van der Waals surface area (Å²) in [7, 11) is 1.58. The Morgan fingerprint density at radius 2 is 1.92 bits per heavy atom. The van der Waals surface area contributed by atoms with Gasteiger partial charge in [-0.2, -0.15) is 0 Å². The van der Waals surface area contributed by atoms with Crippen molar-refractivity contribution >= 4 is 12.0 Å². The number of rotatable bonds is 8. The number of methoxy groups -OCH3 is 1. The van der Waals surface area contributed by atoms with Crippen LogP contribution >= 0.6 is 0 Å². The van der Waals surface area contributed by atoms with Crippen LogP contribution in [0.4, 0.5) is 4.79 Å². The first-order valence-electron chi connectivity index (χ1n) is 8.52. The summed E-state index contributed by atoms with van der Waals surface area (Å²) in [6.07, 6.45) is 1.09. The molecule has 0 atom stereocenters. The van der Waals surface area contributed by atoms with Crippen molar-refractivity contribution in [3.05, 3.63) is 35.9 Å². The summed E-state index contributed by atoms with van der Waals surface area (Å²) >= 11 is 0. The Balaban J connectivity index is 1.60. The summed E-state index contributed by atoms with van der Waals surface area (Å²) in [6.45, 7) is 2.41. The van der Waals surface area contributed by atoms with Gasteiger partial charge < -0.3 is 24.4 Å². The molecule has 1 aliphatic rings. The van der Waals surface area contributed by atoms with E-state index in [1.807, 2.05) is 30.3 Å². The zero-order valence-electron chi connectivity index (χ0n) is 14.6. The highest BCUT2D eigenvalue weighted by Gasteiger charge is 2.24. The van der Waals surface area contributed by atoms with Crippen LogP contribution in [0.25, 0.3) is 0 Å². The van der Waals surface area contributed by atoms with E-state index in [0.717, 1.165) is 5.56 Å². The van der Waals surface area contributed by atoms with Crippen molar-refractivity contribution in [2.24, 2.45) is 0 Å². The number of ether oxygens (including phenoxy) is 3. The molecule has 0 aliphatic carbocycles. The molecular weight excluding hydrogens is 324 g/mol. The number of piperidine rings is 1. The van der Waals surface area contributed by atoms with Crippen LogP contribution in [0.1, 0.15) is 18.4 Å². The van der Waals surface area contributed by atoms with Gasteiger partial charge >= 0.3 is 6.09 Å². The lowest BCUT2D eigenvalue weighted by Crippen LogP contribution is -2.42. The molecule has 7 heteroatoms. The molecule has 1 heterocycles. The molecule has 138 valence electrons. The van der Waals surface area contributed by atoms with Gasteiger partial charge in [-0.1, -0.05) is 30.3 Å². The molecule has 1 fully saturated rings. The van der Waals surface area contributed by atoms with Crippen LogP contribution in [0, 0.1) is 0 Å². The molecule has 1 aromatic rings. The smallest absolute Gasteiger partial charge is 0.410 e. The van der Waals surface area contributed by atoms with Crippen LogP contribution in [0.2, 0.25) is 0 Å². The average molecular weight is 350 g/mol. The second-order valence-electron chi connectivity index (χ2n) is 5.88. The van der Waals surface area contributed by atoms with Gasteiger partial charge in [0, 0.05) is 26.7 Å². The molecule has 0 radical (unpaired) electrons. The Hall–Kier alpha value is -2.12. The molecule has 1 aromatic carbocycles. The second-order valence-corrected chi connectivity index (χ2v) is 5.88. The monoisotopic (exact) mass is 350 g/mol. The maximum Gasteiger partial charge on any atom is 0.410 e. The number of nitrogens with zero attached hydrogens (tertiary/aromatic N) is 1. The predicted octanol–water partition coefficient (Wildman–Crippen LogP) is 1.57. The SMILES string of the molecule is COCCNC(=O)COC1CCN(C(=O)OCc2ccccc2)CC1. The van der Waals surface area contributed by atoms with Gasteiger partial charge in [0.1, 0.15) is 13.2 Å². The number of benzene rings is 1. The third kappa shape index (κ3) is 7.11. The van der Waals surface area contributed by atoms with Gasteiger partial charge in [0.2, 0.25) is 5.91 Å². The number of likely N-dealkylation sites (tertiary alicyclic amines) is 1. The average Bonchev–Trinajstić information content (AvgIpc) is 2.66. The lowest BCUT2D eigenvalue weighted by Gasteiger charge is -2.31. The van der Waals surface area contributed by atoms with E-state index in [1.54, 1.807) is 12.0 Å². The normalized spacial score (nSPS) is 15.0. The predicted molar refractivity (Wildman–Crippen MR) is 92.1 cm³/mol. The molecule has 25 heavy (non-hydrogen) atoms. The highest BCUT2D eigenvalue weighted by molar-refractivity contribution is 5.77. The summed E-state index contributed by atoms with van der Waals surface area (Å²) in [5.74, 6) is -0.151. The van der Waals surface area contributed by atoms with Gasteiger partial charge in [-0.15, -0.1) is 0 Å². The van der Waals surface area contributed by atoms with E-state index in [4.69, 9.17) is 14.2 Å². The third-order valence-electron chi connectivity index (χ3n) is 3.98. The van der Waals surface area contributed by atoms with Crippen molar-refractivity contribution in [1.29, 1.82) is 0 Å². The lowest BCUT2D eigenvalue weighted by molar-refractivity contribution is -0.128. The quantitative estimate of drug-likeness (QED) is 0.720. The van der Waals surface area contributed by atoms with Gasteiger partial charge in [-0.3, -0.25) is 4.79 Å². The van der Waals surface area contributed by atoms with Crippen molar-refractivity contribution in [2.45, 2.75) is 25.6 Å². The Morgan fingerprint density at radius 1 is 1.20 bits per heavy atom. The minimum absolute atomic E-state index is 0.00801. The molecular formula is C18H26N2O5. The molecule has 1 aliphatic heterocycles. The van der Waals surface area contributed by atoms with Crippen molar-refractivity contribution in [3.8, 4) is 0 Å². The molecule has 1 N–H and O–H groups in total. The Morgan fingerprint density at radius 3 is 2.60 bits per heavy atom. The standard InChI is InChI=1S/C18H26N2O5/c1-23-12-9-19-17(21)14-24-16-7-10-20(11-8-16)18(22)25-13-15-5-3-2-4-6-15/h2-6,16H,7-14H2,1H3,(H,19,21). The molecule has 0 unspecified atom stereocenters. The lowest BCUT2D eigenvalue weighted by atomic mass is 10.1. The molecule has 7 nitrogen and oxygen atoms in total. The Kier molecular flexibility index (Phi) is 8.21. The molecule has 0 bridgehead atoms. The molecule has 0 spiro atoms. The Labute approximate surface area is 148 Å². The zero-order valence-corrected chi connectivity index (χ0v) is 14.6. The van der Waals surface area contributed by atoms with Crippen molar-refractivity contribution in [1.82, 2.24) is 10.2 Å². The zero-order chi connectivity index (χ0) is 17.9. The first-order valence-corrected chi connectivity index (χ1v) is 8.52. The molecule has 0 saturated carbocycles. The van der Waals surface area contributed by atoms with Crippen LogP contribution in [-0.2, 0) is 25.6 Å². The van der Waals surface area contributed by atoms with Crippen molar-refractivity contribution < 1.29 is 23.8 Å².